The van der Waals surface area contributed by atoms with Crippen LogP contribution in [-0.2, 0) is 16.0 Å². The van der Waals surface area contributed by atoms with Crippen LogP contribution in [0.3, 0.4) is 0 Å². The van der Waals surface area contributed by atoms with E-state index < -0.39 is 5.60 Å². The van der Waals surface area contributed by atoms with Gasteiger partial charge in [0.25, 0.3) is 0 Å². The minimum atomic E-state index is -0.473. The number of anilines is 1. The molecular formula is C15H23NO3. The van der Waals surface area contributed by atoms with Gasteiger partial charge in [-0.2, -0.15) is 0 Å². The van der Waals surface area contributed by atoms with Crippen LogP contribution in [0.25, 0.3) is 0 Å². The predicted octanol–water partition coefficient (Wildman–Crippen LogP) is 2.28. The lowest BCUT2D eigenvalue weighted by Gasteiger charge is -2.20. The molecule has 0 aliphatic carbocycles. The number of aliphatic hydroxyl groups excluding tert-OH is 1. The van der Waals surface area contributed by atoms with Gasteiger partial charge >= 0.3 is 5.97 Å². The average molecular weight is 265 g/mol. The van der Waals surface area contributed by atoms with Crippen molar-refractivity contribution >= 4 is 11.7 Å². The lowest BCUT2D eigenvalue weighted by Crippen LogP contribution is -2.25. The summed E-state index contributed by atoms with van der Waals surface area (Å²) in [4.78, 5) is 11.9. The number of ether oxygens (including phenoxy) is 1. The molecule has 1 rings (SSSR count). The Bertz CT molecular complexity index is 436. The van der Waals surface area contributed by atoms with Gasteiger partial charge in [-0.05, 0) is 39.3 Å². The van der Waals surface area contributed by atoms with Gasteiger partial charge in [0.05, 0.1) is 13.0 Å². The van der Waals surface area contributed by atoms with Gasteiger partial charge in [0.15, 0.2) is 0 Å². The number of benzene rings is 1. The normalized spacial score (nSPS) is 11.2. The number of rotatable bonds is 5. The van der Waals surface area contributed by atoms with Crippen molar-refractivity contribution in [3.63, 3.8) is 0 Å². The second-order valence-electron chi connectivity index (χ2n) is 5.57. The standard InChI is InChI=1S/C15H23NO3/c1-11-5-6-13(16-7-8-17)12(9-11)10-14(18)19-15(2,3)4/h5-6,9,16-17H,7-8,10H2,1-4H3. The van der Waals surface area contributed by atoms with Crippen LogP contribution in [0, 0.1) is 6.92 Å². The smallest absolute Gasteiger partial charge is 0.310 e. The maximum Gasteiger partial charge on any atom is 0.310 e. The Morgan fingerprint density at radius 3 is 2.63 bits per heavy atom. The van der Waals surface area contributed by atoms with Gasteiger partial charge in [-0.25, -0.2) is 0 Å². The third-order valence-corrected chi connectivity index (χ3v) is 2.44. The highest BCUT2D eigenvalue weighted by atomic mass is 16.6. The number of carbonyl (C=O) groups excluding carboxylic acids is 1. The number of esters is 1. The molecule has 0 aromatic heterocycles. The molecule has 19 heavy (non-hydrogen) atoms. The first-order valence-electron chi connectivity index (χ1n) is 6.48. The zero-order valence-electron chi connectivity index (χ0n) is 12.1. The molecule has 2 N–H and O–H groups in total. The van der Waals surface area contributed by atoms with Gasteiger partial charge in [-0.15, -0.1) is 0 Å². The van der Waals surface area contributed by atoms with Gasteiger partial charge in [-0.3, -0.25) is 4.79 Å². The molecule has 1 aromatic rings. The highest BCUT2D eigenvalue weighted by Gasteiger charge is 2.17. The molecule has 0 saturated heterocycles. The molecule has 0 amide bonds. The van der Waals surface area contributed by atoms with Crippen LogP contribution in [0.1, 0.15) is 31.9 Å². The molecule has 0 radical (unpaired) electrons. The monoisotopic (exact) mass is 265 g/mol. The Kier molecular flexibility index (Phi) is 5.36. The Labute approximate surface area is 114 Å². The third kappa shape index (κ3) is 5.75. The summed E-state index contributed by atoms with van der Waals surface area (Å²) in [6, 6.07) is 5.85. The summed E-state index contributed by atoms with van der Waals surface area (Å²) in [6.45, 7) is 8.06. The predicted molar refractivity (Wildman–Crippen MR) is 76.3 cm³/mol. The first-order chi connectivity index (χ1) is 8.81. The summed E-state index contributed by atoms with van der Waals surface area (Å²) in [5.74, 6) is -0.245. The SMILES string of the molecule is Cc1ccc(NCCO)c(CC(=O)OC(C)(C)C)c1. The third-order valence-electron chi connectivity index (χ3n) is 2.44. The van der Waals surface area contributed by atoms with E-state index in [1.807, 2.05) is 45.9 Å². The Morgan fingerprint density at radius 2 is 2.05 bits per heavy atom. The number of aryl methyl sites for hydroxylation is 1. The minimum Gasteiger partial charge on any atom is -0.460 e. The fourth-order valence-corrected chi connectivity index (χ4v) is 1.76. The molecule has 0 saturated carbocycles. The second-order valence-corrected chi connectivity index (χ2v) is 5.57. The number of nitrogens with one attached hydrogen (secondary N) is 1. The molecule has 4 nitrogen and oxygen atoms in total. The molecule has 0 bridgehead atoms. The Balaban J connectivity index is 2.80. The summed E-state index contributed by atoms with van der Waals surface area (Å²) in [6.07, 6.45) is 0.229. The van der Waals surface area contributed by atoms with Crippen LogP contribution in [0.5, 0.6) is 0 Å². The van der Waals surface area contributed by atoms with Crippen LogP contribution in [0.15, 0.2) is 18.2 Å². The zero-order chi connectivity index (χ0) is 14.5. The van der Waals surface area contributed by atoms with E-state index in [1.165, 1.54) is 0 Å². The average Bonchev–Trinajstić information content (AvgIpc) is 2.25. The largest absolute Gasteiger partial charge is 0.460 e. The highest BCUT2D eigenvalue weighted by Crippen LogP contribution is 2.19. The van der Waals surface area contributed by atoms with E-state index in [9.17, 15) is 4.79 Å². The van der Waals surface area contributed by atoms with E-state index in [-0.39, 0.29) is 19.0 Å². The molecule has 0 spiro atoms. The van der Waals surface area contributed by atoms with Crippen molar-refractivity contribution in [1.82, 2.24) is 0 Å². The van der Waals surface area contributed by atoms with Crippen molar-refractivity contribution < 1.29 is 14.6 Å². The number of hydrogen-bond acceptors (Lipinski definition) is 4. The summed E-state index contributed by atoms with van der Waals surface area (Å²) >= 11 is 0. The van der Waals surface area contributed by atoms with E-state index in [2.05, 4.69) is 5.32 Å². The van der Waals surface area contributed by atoms with Crippen molar-refractivity contribution in [1.29, 1.82) is 0 Å². The number of hydrogen-bond donors (Lipinski definition) is 2. The Hall–Kier alpha value is -1.55. The summed E-state index contributed by atoms with van der Waals surface area (Å²) < 4.78 is 5.32. The maximum absolute atomic E-state index is 11.9. The molecule has 0 heterocycles. The van der Waals surface area contributed by atoms with Crippen LogP contribution in [0.2, 0.25) is 0 Å². The number of carbonyl (C=O) groups is 1. The van der Waals surface area contributed by atoms with E-state index in [1.54, 1.807) is 0 Å². The molecule has 106 valence electrons. The molecule has 0 aliphatic heterocycles. The second kappa shape index (κ2) is 6.57. The molecule has 1 aromatic carbocycles. The van der Waals surface area contributed by atoms with Gasteiger partial charge in [-0.1, -0.05) is 17.7 Å². The Morgan fingerprint density at radius 1 is 1.37 bits per heavy atom. The van der Waals surface area contributed by atoms with Crippen molar-refractivity contribution in [2.45, 2.75) is 39.7 Å². The van der Waals surface area contributed by atoms with E-state index in [0.29, 0.717) is 6.54 Å². The van der Waals surface area contributed by atoms with Crippen molar-refractivity contribution in [3.05, 3.63) is 29.3 Å². The molecule has 0 atom stereocenters. The van der Waals surface area contributed by atoms with E-state index in [4.69, 9.17) is 9.84 Å². The lowest BCUT2D eigenvalue weighted by atomic mass is 10.1. The summed E-state index contributed by atoms with van der Waals surface area (Å²) in [5.41, 5.74) is 2.38. The van der Waals surface area contributed by atoms with Gasteiger partial charge in [0.2, 0.25) is 0 Å². The minimum absolute atomic E-state index is 0.0553. The van der Waals surface area contributed by atoms with Gasteiger partial charge < -0.3 is 15.2 Å². The van der Waals surface area contributed by atoms with E-state index >= 15 is 0 Å². The van der Waals surface area contributed by atoms with E-state index in [0.717, 1.165) is 16.8 Å². The van der Waals surface area contributed by atoms with Crippen LogP contribution in [0.4, 0.5) is 5.69 Å². The van der Waals surface area contributed by atoms with Crippen LogP contribution >= 0.6 is 0 Å². The topological polar surface area (TPSA) is 58.6 Å². The lowest BCUT2D eigenvalue weighted by molar-refractivity contribution is -0.153. The highest BCUT2D eigenvalue weighted by molar-refractivity contribution is 5.75. The first-order valence-corrected chi connectivity index (χ1v) is 6.48. The first kappa shape index (κ1) is 15.5. The molecule has 0 unspecified atom stereocenters. The quantitative estimate of drug-likeness (QED) is 0.802. The molecular weight excluding hydrogens is 242 g/mol. The summed E-state index contributed by atoms with van der Waals surface area (Å²) in [7, 11) is 0. The fraction of sp³-hybridized carbons (Fsp3) is 0.533. The zero-order valence-corrected chi connectivity index (χ0v) is 12.1. The fourth-order valence-electron chi connectivity index (χ4n) is 1.76. The van der Waals surface area contributed by atoms with Crippen molar-refractivity contribution in [2.75, 3.05) is 18.5 Å². The van der Waals surface area contributed by atoms with Gasteiger partial charge in [0.1, 0.15) is 5.60 Å². The van der Waals surface area contributed by atoms with Crippen LogP contribution in [-0.4, -0.2) is 29.8 Å². The number of aliphatic hydroxyl groups is 1. The van der Waals surface area contributed by atoms with Gasteiger partial charge in [0, 0.05) is 12.2 Å². The van der Waals surface area contributed by atoms with Crippen molar-refractivity contribution in [2.24, 2.45) is 0 Å². The molecule has 0 fully saturated rings. The molecule has 0 aliphatic rings. The summed E-state index contributed by atoms with van der Waals surface area (Å²) in [5, 5.41) is 12.0. The maximum atomic E-state index is 11.9. The molecule has 4 heteroatoms. The van der Waals surface area contributed by atoms with Crippen molar-refractivity contribution in [3.8, 4) is 0 Å². The van der Waals surface area contributed by atoms with Crippen LogP contribution < -0.4 is 5.32 Å².